The molecular weight excluding hydrogens is 167 g/mol. The lowest BCUT2D eigenvalue weighted by atomic mass is 10.2. The second-order valence-electron chi connectivity index (χ2n) is 2.64. The first-order chi connectivity index (χ1) is 6.33. The fourth-order valence-corrected chi connectivity index (χ4v) is 0.971. The van der Waals surface area contributed by atoms with Crippen molar-refractivity contribution in [2.24, 2.45) is 0 Å². The molecule has 1 nitrogen and oxygen atoms in total. The van der Waals surface area contributed by atoms with Crippen LogP contribution < -0.4 is 0 Å². The van der Waals surface area contributed by atoms with Gasteiger partial charge in [-0.1, -0.05) is 30.3 Å². The van der Waals surface area contributed by atoms with E-state index in [1.54, 1.807) is 0 Å². The zero-order valence-electron chi connectivity index (χ0n) is 7.66. The van der Waals surface area contributed by atoms with Gasteiger partial charge in [-0.15, -0.1) is 0 Å². The Kier molecular flexibility index (Phi) is 4.19. The molecule has 70 valence electrons. The standard InChI is InChI=1S/C11H13FO/c1-2-13-9-11(12)8-10-6-4-3-5-7-10/h3-8H,2,9H2,1H3/b11-8+. The lowest BCUT2D eigenvalue weighted by molar-refractivity contribution is 0.157. The number of rotatable bonds is 4. The Balaban J connectivity index is 2.55. The largest absolute Gasteiger partial charge is 0.375 e. The number of hydrogen-bond donors (Lipinski definition) is 0. The zero-order valence-corrected chi connectivity index (χ0v) is 7.66. The van der Waals surface area contributed by atoms with Gasteiger partial charge in [-0.2, -0.15) is 0 Å². The fourth-order valence-electron chi connectivity index (χ4n) is 0.971. The van der Waals surface area contributed by atoms with Crippen molar-refractivity contribution in [1.29, 1.82) is 0 Å². The quantitative estimate of drug-likeness (QED) is 0.692. The average Bonchev–Trinajstić information content (AvgIpc) is 2.16. The van der Waals surface area contributed by atoms with Crippen LogP contribution in [0, 0.1) is 0 Å². The van der Waals surface area contributed by atoms with Gasteiger partial charge in [-0.05, 0) is 18.6 Å². The molecule has 0 radical (unpaired) electrons. The van der Waals surface area contributed by atoms with E-state index in [4.69, 9.17) is 4.74 Å². The summed E-state index contributed by atoms with van der Waals surface area (Å²) in [5.41, 5.74) is 0.861. The first-order valence-electron chi connectivity index (χ1n) is 4.32. The molecule has 0 heterocycles. The summed E-state index contributed by atoms with van der Waals surface area (Å²) in [5.74, 6) is -0.243. The van der Waals surface area contributed by atoms with Crippen LogP contribution in [0.4, 0.5) is 4.39 Å². The van der Waals surface area contributed by atoms with Gasteiger partial charge in [0.15, 0.2) is 0 Å². The van der Waals surface area contributed by atoms with Gasteiger partial charge >= 0.3 is 0 Å². The second-order valence-corrected chi connectivity index (χ2v) is 2.64. The Morgan fingerprint density at radius 2 is 2.08 bits per heavy atom. The maximum atomic E-state index is 13.0. The summed E-state index contributed by atoms with van der Waals surface area (Å²) in [5, 5.41) is 0. The van der Waals surface area contributed by atoms with Crippen LogP contribution in [0.25, 0.3) is 6.08 Å². The summed E-state index contributed by atoms with van der Waals surface area (Å²) in [6.07, 6.45) is 1.48. The third-order valence-electron chi connectivity index (χ3n) is 1.57. The third-order valence-corrected chi connectivity index (χ3v) is 1.57. The van der Waals surface area contributed by atoms with E-state index in [1.807, 2.05) is 37.3 Å². The van der Waals surface area contributed by atoms with E-state index in [9.17, 15) is 4.39 Å². The third kappa shape index (κ3) is 3.85. The van der Waals surface area contributed by atoms with E-state index >= 15 is 0 Å². The first kappa shape index (κ1) is 9.93. The van der Waals surface area contributed by atoms with Crippen molar-refractivity contribution in [3.63, 3.8) is 0 Å². The molecule has 1 aromatic carbocycles. The number of hydrogen-bond acceptors (Lipinski definition) is 1. The minimum atomic E-state index is -0.243. The maximum absolute atomic E-state index is 13.0. The van der Waals surface area contributed by atoms with Gasteiger partial charge in [-0.25, -0.2) is 4.39 Å². The first-order valence-corrected chi connectivity index (χ1v) is 4.32. The SMILES string of the molecule is CCOC/C(F)=C\c1ccccc1. The molecule has 0 aromatic heterocycles. The molecule has 0 saturated carbocycles. The van der Waals surface area contributed by atoms with Crippen LogP contribution in [0.1, 0.15) is 12.5 Å². The smallest absolute Gasteiger partial charge is 0.126 e. The molecule has 0 atom stereocenters. The van der Waals surface area contributed by atoms with E-state index < -0.39 is 0 Å². The molecule has 0 amide bonds. The average molecular weight is 180 g/mol. The molecule has 0 aliphatic carbocycles. The summed E-state index contributed by atoms with van der Waals surface area (Å²) in [6, 6.07) is 9.36. The molecule has 0 aliphatic heterocycles. The second kappa shape index (κ2) is 5.49. The van der Waals surface area contributed by atoms with Crippen molar-refractivity contribution in [3.8, 4) is 0 Å². The number of benzene rings is 1. The molecule has 0 unspecified atom stereocenters. The monoisotopic (exact) mass is 180 g/mol. The summed E-state index contributed by atoms with van der Waals surface area (Å²) in [6.45, 7) is 2.44. The van der Waals surface area contributed by atoms with Crippen LogP contribution in [0.5, 0.6) is 0 Å². The molecule has 0 spiro atoms. The van der Waals surface area contributed by atoms with Gasteiger partial charge in [0.05, 0.1) is 6.61 Å². The van der Waals surface area contributed by atoms with E-state index in [2.05, 4.69) is 0 Å². The Morgan fingerprint density at radius 1 is 1.38 bits per heavy atom. The van der Waals surface area contributed by atoms with Gasteiger partial charge in [0, 0.05) is 6.61 Å². The number of ether oxygens (including phenoxy) is 1. The van der Waals surface area contributed by atoms with Crippen LogP contribution in [0.3, 0.4) is 0 Å². The summed E-state index contributed by atoms with van der Waals surface area (Å²) in [4.78, 5) is 0. The normalized spacial score (nSPS) is 11.7. The van der Waals surface area contributed by atoms with Crippen LogP contribution in [0.2, 0.25) is 0 Å². The van der Waals surface area contributed by atoms with Gasteiger partial charge in [-0.3, -0.25) is 0 Å². The Hall–Kier alpha value is -1.15. The van der Waals surface area contributed by atoms with E-state index in [-0.39, 0.29) is 12.4 Å². The molecule has 1 aromatic rings. The van der Waals surface area contributed by atoms with Gasteiger partial charge < -0.3 is 4.74 Å². The molecular formula is C11H13FO. The molecule has 0 bridgehead atoms. The molecule has 1 rings (SSSR count). The van der Waals surface area contributed by atoms with Crippen LogP contribution in [0.15, 0.2) is 36.2 Å². The van der Waals surface area contributed by atoms with Gasteiger partial charge in [0.1, 0.15) is 5.83 Å². The highest BCUT2D eigenvalue weighted by Gasteiger charge is 1.94. The lowest BCUT2D eigenvalue weighted by Gasteiger charge is -1.97. The molecule has 0 N–H and O–H groups in total. The summed E-state index contributed by atoms with van der Waals surface area (Å²) >= 11 is 0. The number of halogens is 1. The van der Waals surface area contributed by atoms with E-state index in [0.29, 0.717) is 6.61 Å². The highest BCUT2D eigenvalue weighted by molar-refractivity contribution is 5.50. The minimum Gasteiger partial charge on any atom is -0.375 e. The Morgan fingerprint density at radius 3 is 2.69 bits per heavy atom. The fraction of sp³-hybridized carbons (Fsp3) is 0.273. The summed E-state index contributed by atoms with van der Waals surface area (Å²) in [7, 11) is 0. The van der Waals surface area contributed by atoms with Crippen molar-refractivity contribution >= 4 is 6.08 Å². The molecule has 2 heteroatoms. The van der Waals surface area contributed by atoms with Gasteiger partial charge in [0.2, 0.25) is 0 Å². The maximum Gasteiger partial charge on any atom is 0.126 e. The zero-order chi connectivity index (χ0) is 9.52. The van der Waals surface area contributed by atoms with Crippen molar-refractivity contribution < 1.29 is 9.13 Å². The Labute approximate surface area is 77.8 Å². The highest BCUT2D eigenvalue weighted by Crippen LogP contribution is 2.07. The van der Waals surface area contributed by atoms with E-state index in [0.717, 1.165) is 5.56 Å². The summed E-state index contributed by atoms with van der Waals surface area (Å²) < 4.78 is 17.9. The van der Waals surface area contributed by atoms with Crippen LogP contribution in [-0.4, -0.2) is 13.2 Å². The minimum absolute atomic E-state index is 0.0609. The lowest BCUT2D eigenvalue weighted by Crippen LogP contribution is -1.93. The van der Waals surface area contributed by atoms with E-state index in [1.165, 1.54) is 6.08 Å². The highest BCUT2D eigenvalue weighted by atomic mass is 19.1. The predicted octanol–water partition coefficient (Wildman–Crippen LogP) is 3.03. The predicted molar refractivity (Wildman–Crippen MR) is 52.0 cm³/mol. The topological polar surface area (TPSA) is 9.23 Å². The van der Waals surface area contributed by atoms with Crippen LogP contribution in [-0.2, 0) is 4.74 Å². The molecule has 0 saturated heterocycles. The molecule has 13 heavy (non-hydrogen) atoms. The van der Waals surface area contributed by atoms with Crippen molar-refractivity contribution in [2.75, 3.05) is 13.2 Å². The molecule has 0 aliphatic rings. The van der Waals surface area contributed by atoms with Crippen molar-refractivity contribution in [1.82, 2.24) is 0 Å². The van der Waals surface area contributed by atoms with Crippen molar-refractivity contribution in [3.05, 3.63) is 41.7 Å². The van der Waals surface area contributed by atoms with Crippen molar-refractivity contribution in [2.45, 2.75) is 6.92 Å². The molecule has 0 fully saturated rings. The van der Waals surface area contributed by atoms with Crippen LogP contribution >= 0.6 is 0 Å². The van der Waals surface area contributed by atoms with Gasteiger partial charge in [0.25, 0.3) is 0 Å². The Bertz CT molecular complexity index is 267.